The maximum atomic E-state index is 12.2. The van der Waals surface area contributed by atoms with Crippen LogP contribution in [0.25, 0.3) is 0 Å². The fourth-order valence-corrected chi connectivity index (χ4v) is 4.53. The van der Waals surface area contributed by atoms with Gasteiger partial charge in [0.2, 0.25) is 0 Å². The summed E-state index contributed by atoms with van der Waals surface area (Å²) < 4.78 is 5.45. The summed E-state index contributed by atoms with van der Waals surface area (Å²) in [4.78, 5) is 20.9. The molecule has 0 radical (unpaired) electrons. The molecule has 1 heterocycles. The molecule has 0 spiro atoms. The molecule has 3 aliphatic carbocycles. The van der Waals surface area contributed by atoms with Gasteiger partial charge in [-0.2, -0.15) is 5.26 Å². The summed E-state index contributed by atoms with van der Waals surface area (Å²) in [6.45, 7) is 6.43. The molecule has 0 saturated heterocycles. The molecule has 3 fully saturated rings. The van der Waals surface area contributed by atoms with Gasteiger partial charge in [-0.25, -0.2) is 14.8 Å². The predicted molar refractivity (Wildman–Crippen MR) is 109 cm³/mol. The van der Waals surface area contributed by atoms with Crippen molar-refractivity contribution in [2.24, 2.45) is 5.41 Å². The van der Waals surface area contributed by atoms with Gasteiger partial charge in [0.15, 0.2) is 5.16 Å². The molecule has 152 valence electrons. The summed E-state index contributed by atoms with van der Waals surface area (Å²) in [7, 11) is 0. The van der Waals surface area contributed by atoms with Gasteiger partial charge in [-0.3, -0.25) is 0 Å². The molecule has 1 aromatic rings. The van der Waals surface area contributed by atoms with Gasteiger partial charge in [-0.15, -0.1) is 0 Å². The van der Waals surface area contributed by atoms with Gasteiger partial charge >= 0.3 is 6.09 Å². The Hall–Kier alpha value is -2.01. The highest BCUT2D eigenvalue weighted by molar-refractivity contribution is 7.98. The minimum atomic E-state index is -0.483. The molecule has 4 rings (SSSR count). The summed E-state index contributed by atoms with van der Waals surface area (Å²) >= 11 is 1.46. The first kappa shape index (κ1) is 20.7. The number of alkyl carbamates (subject to hydrolysis) is 1. The number of anilines is 1. The largest absolute Gasteiger partial charge is 0.444 e. The maximum absolute atomic E-state index is 12.2. The molecule has 0 unspecified atom stereocenters. The molecule has 3 aliphatic rings. The predicted octanol–water partition coefficient (Wildman–Crippen LogP) is 4.10. The lowest BCUT2D eigenvalue weighted by Gasteiger charge is -2.53. The van der Waals surface area contributed by atoms with E-state index in [4.69, 9.17) is 4.74 Å². The van der Waals surface area contributed by atoms with E-state index in [1.165, 1.54) is 11.8 Å². The monoisotopic (exact) mass is 403 g/mol. The standard InChI is InChI=1S/C20H29N5O2S/c1-18(2,3)27-17(26)25-20-8-5-19(6-9-20,7-10-20)13-23-15-14(11-21)12-22-16(24-15)28-4/h12H,5-10,13H2,1-4H3,(H,25,26)(H,22,23,24). The van der Waals surface area contributed by atoms with Crippen molar-refractivity contribution in [3.63, 3.8) is 0 Å². The smallest absolute Gasteiger partial charge is 0.408 e. The van der Waals surface area contributed by atoms with Gasteiger partial charge in [0.05, 0.1) is 6.20 Å². The third-order valence-electron chi connectivity index (χ3n) is 5.87. The third kappa shape index (κ3) is 4.69. The highest BCUT2D eigenvalue weighted by Crippen LogP contribution is 2.52. The molecular weight excluding hydrogens is 374 g/mol. The van der Waals surface area contributed by atoms with Crippen molar-refractivity contribution in [1.82, 2.24) is 15.3 Å². The van der Waals surface area contributed by atoms with E-state index in [2.05, 4.69) is 26.7 Å². The van der Waals surface area contributed by atoms with Crippen LogP contribution in [0.15, 0.2) is 11.4 Å². The lowest BCUT2D eigenvalue weighted by atomic mass is 9.57. The number of nitriles is 1. The molecule has 3 saturated carbocycles. The number of thioether (sulfide) groups is 1. The van der Waals surface area contributed by atoms with Crippen LogP contribution in [0.4, 0.5) is 10.6 Å². The van der Waals surface area contributed by atoms with E-state index in [1.54, 1.807) is 6.20 Å². The molecule has 2 bridgehead atoms. The molecule has 28 heavy (non-hydrogen) atoms. The fraction of sp³-hybridized carbons (Fsp3) is 0.700. The van der Waals surface area contributed by atoms with Crippen molar-refractivity contribution >= 4 is 23.7 Å². The van der Waals surface area contributed by atoms with E-state index < -0.39 is 5.60 Å². The number of ether oxygens (including phenoxy) is 1. The first-order valence-electron chi connectivity index (χ1n) is 9.74. The molecule has 0 aliphatic heterocycles. The minimum absolute atomic E-state index is 0.136. The van der Waals surface area contributed by atoms with E-state index in [1.807, 2.05) is 27.0 Å². The fourth-order valence-electron chi connectivity index (χ4n) is 4.19. The Balaban J connectivity index is 1.60. The Morgan fingerprint density at radius 3 is 2.46 bits per heavy atom. The van der Waals surface area contributed by atoms with Crippen LogP contribution >= 0.6 is 11.8 Å². The minimum Gasteiger partial charge on any atom is -0.444 e. The normalized spacial score (nSPS) is 26.4. The number of aromatic nitrogens is 2. The number of carbonyl (C=O) groups excluding carboxylic acids is 1. The van der Waals surface area contributed by atoms with Crippen molar-refractivity contribution in [2.75, 3.05) is 18.1 Å². The number of hydrogen-bond acceptors (Lipinski definition) is 7. The number of fused-ring (bicyclic) bond motifs is 3. The molecule has 0 atom stereocenters. The lowest BCUT2D eigenvalue weighted by molar-refractivity contribution is 0.00950. The highest BCUT2D eigenvalue weighted by Gasteiger charge is 2.49. The van der Waals surface area contributed by atoms with Crippen LogP contribution in [0.5, 0.6) is 0 Å². The van der Waals surface area contributed by atoms with Gasteiger partial charge in [-0.1, -0.05) is 11.8 Å². The summed E-state index contributed by atoms with van der Waals surface area (Å²) in [5.41, 5.74) is 0.0440. The highest BCUT2D eigenvalue weighted by atomic mass is 32.2. The van der Waals surface area contributed by atoms with Crippen molar-refractivity contribution < 1.29 is 9.53 Å². The molecule has 1 amide bonds. The number of nitrogens with one attached hydrogen (secondary N) is 2. The Kier molecular flexibility index (Phi) is 5.76. The lowest BCUT2D eigenvalue weighted by Crippen LogP contribution is -2.58. The van der Waals surface area contributed by atoms with Gasteiger partial charge in [0.1, 0.15) is 23.1 Å². The van der Waals surface area contributed by atoms with E-state index in [-0.39, 0.29) is 17.0 Å². The van der Waals surface area contributed by atoms with Crippen LogP contribution < -0.4 is 10.6 Å². The quantitative estimate of drug-likeness (QED) is 0.564. The van der Waals surface area contributed by atoms with Crippen molar-refractivity contribution in [3.8, 4) is 6.07 Å². The van der Waals surface area contributed by atoms with Gasteiger partial charge in [0, 0.05) is 12.1 Å². The summed E-state index contributed by atoms with van der Waals surface area (Å²) in [6, 6.07) is 2.16. The summed E-state index contributed by atoms with van der Waals surface area (Å²) in [6.07, 6.45) is 9.18. The Labute approximate surface area is 171 Å². The Morgan fingerprint density at radius 1 is 1.29 bits per heavy atom. The van der Waals surface area contributed by atoms with Crippen molar-refractivity contribution in [1.29, 1.82) is 5.26 Å². The Bertz CT molecular complexity index is 759. The van der Waals surface area contributed by atoms with Gasteiger partial charge < -0.3 is 15.4 Å². The molecular formula is C20H29N5O2S. The Morgan fingerprint density at radius 2 is 1.93 bits per heavy atom. The zero-order chi connectivity index (χ0) is 20.4. The number of rotatable bonds is 5. The average molecular weight is 404 g/mol. The molecule has 7 nitrogen and oxygen atoms in total. The zero-order valence-corrected chi connectivity index (χ0v) is 17.9. The second kappa shape index (κ2) is 7.78. The average Bonchev–Trinajstić information content (AvgIpc) is 2.66. The van der Waals surface area contributed by atoms with E-state index in [0.717, 1.165) is 45.1 Å². The molecule has 8 heteroatoms. The van der Waals surface area contributed by atoms with Crippen molar-refractivity contribution in [2.45, 2.75) is 75.6 Å². The van der Waals surface area contributed by atoms with E-state index in [0.29, 0.717) is 16.5 Å². The van der Waals surface area contributed by atoms with Crippen LogP contribution in [0, 0.1) is 16.7 Å². The SMILES string of the molecule is CSc1ncc(C#N)c(NCC23CCC(NC(=O)OC(C)(C)C)(CC2)CC3)n1. The maximum Gasteiger partial charge on any atom is 0.408 e. The summed E-state index contributed by atoms with van der Waals surface area (Å²) in [5.74, 6) is 0.616. The second-order valence-electron chi connectivity index (χ2n) is 8.99. The number of nitrogens with zero attached hydrogens (tertiary/aromatic N) is 3. The van der Waals surface area contributed by atoms with Crippen LogP contribution in [0.3, 0.4) is 0 Å². The van der Waals surface area contributed by atoms with E-state index in [9.17, 15) is 10.1 Å². The van der Waals surface area contributed by atoms with Crippen LogP contribution in [-0.2, 0) is 4.74 Å². The van der Waals surface area contributed by atoms with Gasteiger partial charge in [0.25, 0.3) is 0 Å². The molecule has 1 aromatic heterocycles. The number of amides is 1. The topological polar surface area (TPSA) is 99.9 Å². The third-order valence-corrected chi connectivity index (χ3v) is 6.43. The first-order valence-corrected chi connectivity index (χ1v) is 11.0. The molecule has 0 aromatic carbocycles. The van der Waals surface area contributed by atoms with Crippen LogP contribution in [0.1, 0.15) is 64.9 Å². The van der Waals surface area contributed by atoms with Gasteiger partial charge in [-0.05, 0) is 71.0 Å². The number of carbonyl (C=O) groups is 1. The van der Waals surface area contributed by atoms with Crippen molar-refractivity contribution in [3.05, 3.63) is 11.8 Å². The summed E-state index contributed by atoms with van der Waals surface area (Å²) in [5, 5.41) is 16.5. The number of hydrogen-bond donors (Lipinski definition) is 2. The second-order valence-corrected chi connectivity index (χ2v) is 9.76. The molecule has 2 N–H and O–H groups in total. The first-order chi connectivity index (χ1) is 13.2. The van der Waals surface area contributed by atoms with Crippen LogP contribution in [-0.4, -0.2) is 40.0 Å². The van der Waals surface area contributed by atoms with Crippen LogP contribution in [0.2, 0.25) is 0 Å². The zero-order valence-electron chi connectivity index (χ0n) is 17.1. The van der Waals surface area contributed by atoms with E-state index >= 15 is 0 Å².